The van der Waals surface area contributed by atoms with E-state index in [1.165, 1.54) is 0 Å². The smallest absolute Gasteiger partial charge is 0.224 e. The van der Waals surface area contributed by atoms with Crippen LogP contribution in [0.25, 0.3) is 0 Å². The molecule has 0 aromatic heterocycles. The third-order valence-corrected chi connectivity index (χ3v) is 2.63. The molecule has 0 fully saturated rings. The molecule has 0 aliphatic heterocycles. The topological polar surface area (TPSA) is 73.6 Å². The molecule has 1 rings (SSSR count). The summed E-state index contributed by atoms with van der Waals surface area (Å²) < 4.78 is 10.5. The van der Waals surface area contributed by atoms with Gasteiger partial charge in [0.25, 0.3) is 0 Å². The fourth-order valence-electron chi connectivity index (χ4n) is 1.71. The number of carbonyl (C=O) groups excluding carboxylic acids is 1. The highest BCUT2D eigenvalue weighted by Crippen LogP contribution is 2.24. The van der Waals surface area contributed by atoms with Crippen LogP contribution < -0.4 is 15.8 Å². The van der Waals surface area contributed by atoms with Gasteiger partial charge in [-0.2, -0.15) is 0 Å². The molecule has 1 aromatic rings. The molecular formula is C14H20N2O3S. The zero-order valence-electron chi connectivity index (χ0n) is 11.7. The van der Waals surface area contributed by atoms with Crippen LogP contribution in [-0.2, 0) is 9.53 Å². The molecular weight excluding hydrogens is 276 g/mol. The predicted molar refractivity (Wildman–Crippen MR) is 83.0 cm³/mol. The molecule has 0 aliphatic carbocycles. The molecule has 0 radical (unpaired) electrons. The summed E-state index contributed by atoms with van der Waals surface area (Å²) in [5, 5.41) is 2.82. The lowest BCUT2D eigenvalue weighted by atomic mass is 10.1. The summed E-state index contributed by atoms with van der Waals surface area (Å²) >= 11 is 4.76. The van der Waals surface area contributed by atoms with Gasteiger partial charge in [0, 0.05) is 20.1 Å². The van der Waals surface area contributed by atoms with Crippen molar-refractivity contribution in [2.75, 3.05) is 25.6 Å². The van der Waals surface area contributed by atoms with Crippen LogP contribution in [0.1, 0.15) is 13.3 Å². The van der Waals surface area contributed by atoms with E-state index in [1.54, 1.807) is 19.2 Å². The highest BCUT2D eigenvalue weighted by atomic mass is 32.1. The average Bonchev–Trinajstić information content (AvgIpc) is 2.37. The number of amides is 1. The van der Waals surface area contributed by atoms with Crippen LogP contribution in [-0.4, -0.2) is 31.2 Å². The van der Waals surface area contributed by atoms with Crippen LogP contribution in [0.15, 0.2) is 24.3 Å². The van der Waals surface area contributed by atoms with E-state index in [9.17, 15) is 4.79 Å². The van der Waals surface area contributed by atoms with Gasteiger partial charge in [-0.25, -0.2) is 0 Å². The molecule has 0 saturated heterocycles. The van der Waals surface area contributed by atoms with E-state index in [4.69, 9.17) is 27.4 Å². The fourth-order valence-corrected chi connectivity index (χ4v) is 1.76. The standard InChI is InChI=1S/C14H20N2O3S/c1-10(8-18-2)7-14(17)16-11-5-3-4-6-12(11)19-9-13(15)20/h3-6,10H,7-9H2,1-2H3,(H2,15,20)(H,16,17). The Kier molecular flexibility index (Phi) is 6.97. The Balaban J connectivity index is 2.62. The highest BCUT2D eigenvalue weighted by Gasteiger charge is 2.11. The molecule has 0 saturated carbocycles. The van der Waals surface area contributed by atoms with Gasteiger partial charge in [0.1, 0.15) is 17.3 Å². The number of nitrogens with two attached hydrogens (primary N) is 1. The monoisotopic (exact) mass is 296 g/mol. The number of anilines is 1. The van der Waals surface area contributed by atoms with Gasteiger partial charge in [0.15, 0.2) is 0 Å². The molecule has 6 heteroatoms. The Hall–Kier alpha value is -1.66. The minimum atomic E-state index is -0.0825. The maximum absolute atomic E-state index is 11.9. The van der Waals surface area contributed by atoms with Crippen molar-refractivity contribution in [2.45, 2.75) is 13.3 Å². The summed E-state index contributed by atoms with van der Waals surface area (Å²) in [6.45, 7) is 2.65. The molecule has 1 amide bonds. The van der Waals surface area contributed by atoms with E-state index in [1.807, 2.05) is 19.1 Å². The van der Waals surface area contributed by atoms with Gasteiger partial charge < -0.3 is 20.5 Å². The SMILES string of the molecule is COCC(C)CC(=O)Nc1ccccc1OCC(N)=S. The quantitative estimate of drug-likeness (QED) is 0.717. The van der Waals surface area contributed by atoms with Crippen LogP contribution in [0.4, 0.5) is 5.69 Å². The van der Waals surface area contributed by atoms with E-state index in [0.717, 1.165) is 0 Å². The Morgan fingerprint density at radius 1 is 1.45 bits per heavy atom. The molecule has 20 heavy (non-hydrogen) atoms. The fraction of sp³-hybridized carbons (Fsp3) is 0.429. The molecule has 0 aliphatic rings. The van der Waals surface area contributed by atoms with Crippen LogP contribution in [0.5, 0.6) is 5.75 Å². The Bertz CT molecular complexity index is 465. The molecule has 0 heterocycles. The van der Waals surface area contributed by atoms with Crippen molar-refractivity contribution in [1.82, 2.24) is 0 Å². The summed E-state index contributed by atoms with van der Waals surface area (Å²) in [6.07, 6.45) is 0.386. The molecule has 1 atom stereocenters. The highest BCUT2D eigenvalue weighted by molar-refractivity contribution is 7.80. The van der Waals surface area contributed by atoms with E-state index < -0.39 is 0 Å². The van der Waals surface area contributed by atoms with Gasteiger partial charge in [-0.15, -0.1) is 0 Å². The summed E-state index contributed by atoms with van der Waals surface area (Å²) in [5.74, 6) is 0.624. The molecule has 0 bridgehead atoms. The van der Waals surface area contributed by atoms with Gasteiger partial charge in [0.05, 0.1) is 5.69 Å². The van der Waals surface area contributed by atoms with Crippen LogP contribution in [0.3, 0.4) is 0 Å². The van der Waals surface area contributed by atoms with Crippen molar-refractivity contribution < 1.29 is 14.3 Å². The maximum atomic E-state index is 11.9. The minimum Gasteiger partial charge on any atom is -0.484 e. The van der Waals surface area contributed by atoms with Crippen molar-refractivity contribution in [1.29, 1.82) is 0 Å². The van der Waals surface area contributed by atoms with Gasteiger partial charge in [-0.1, -0.05) is 31.3 Å². The third-order valence-electron chi connectivity index (χ3n) is 2.52. The normalized spacial score (nSPS) is 11.7. The lowest BCUT2D eigenvalue weighted by molar-refractivity contribution is -0.117. The molecule has 110 valence electrons. The number of methoxy groups -OCH3 is 1. The van der Waals surface area contributed by atoms with Gasteiger partial charge in [-0.05, 0) is 18.1 Å². The molecule has 5 nitrogen and oxygen atoms in total. The van der Waals surface area contributed by atoms with Crippen LogP contribution >= 0.6 is 12.2 Å². The summed E-state index contributed by atoms with van der Waals surface area (Å²) in [4.78, 5) is 12.2. The Labute approximate surface area is 124 Å². The Morgan fingerprint density at radius 2 is 2.15 bits per heavy atom. The first-order valence-corrected chi connectivity index (χ1v) is 6.72. The van der Waals surface area contributed by atoms with Crippen LogP contribution in [0.2, 0.25) is 0 Å². The minimum absolute atomic E-state index is 0.0825. The van der Waals surface area contributed by atoms with E-state index in [2.05, 4.69) is 5.32 Å². The lowest BCUT2D eigenvalue weighted by Gasteiger charge is -2.13. The van der Waals surface area contributed by atoms with Crippen molar-refractivity contribution in [3.8, 4) is 5.75 Å². The first-order valence-electron chi connectivity index (χ1n) is 6.31. The second-order valence-electron chi connectivity index (χ2n) is 4.56. The van der Waals surface area contributed by atoms with Gasteiger partial charge in [-0.3, -0.25) is 4.79 Å². The van der Waals surface area contributed by atoms with Gasteiger partial charge in [0.2, 0.25) is 5.91 Å². The van der Waals surface area contributed by atoms with E-state index in [-0.39, 0.29) is 23.4 Å². The largest absolute Gasteiger partial charge is 0.484 e. The number of hydrogen-bond donors (Lipinski definition) is 2. The molecule has 0 spiro atoms. The number of benzene rings is 1. The van der Waals surface area contributed by atoms with Crippen molar-refractivity contribution in [3.05, 3.63) is 24.3 Å². The van der Waals surface area contributed by atoms with Gasteiger partial charge >= 0.3 is 0 Å². The second-order valence-corrected chi connectivity index (χ2v) is 5.09. The second kappa shape index (κ2) is 8.50. The number of carbonyl (C=O) groups is 1. The predicted octanol–water partition coefficient (Wildman–Crippen LogP) is 1.96. The zero-order valence-corrected chi connectivity index (χ0v) is 12.5. The molecule has 1 aromatic carbocycles. The molecule has 3 N–H and O–H groups in total. The van der Waals surface area contributed by atoms with Crippen molar-refractivity contribution in [3.63, 3.8) is 0 Å². The molecule has 1 unspecified atom stereocenters. The lowest BCUT2D eigenvalue weighted by Crippen LogP contribution is -2.20. The zero-order chi connectivity index (χ0) is 15.0. The number of hydrogen-bond acceptors (Lipinski definition) is 4. The average molecular weight is 296 g/mol. The van der Waals surface area contributed by atoms with Crippen molar-refractivity contribution in [2.24, 2.45) is 11.7 Å². The number of thiocarbonyl (C=S) groups is 1. The maximum Gasteiger partial charge on any atom is 0.224 e. The first-order chi connectivity index (χ1) is 9.52. The van der Waals surface area contributed by atoms with Crippen molar-refractivity contribution >= 4 is 28.8 Å². The number of para-hydroxylation sites is 2. The Morgan fingerprint density at radius 3 is 2.80 bits per heavy atom. The third kappa shape index (κ3) is 5.99. The van der Waals surface area contributed by atoms with Crippen LogP contribution in [0, 0.1) is 5.92 Å². The van der Waals surface area contributed by atoms with E-state index in [0.29, 0.717) is 24.5 Å². The first kappa shape index (κ1) is 16.4. The van der Waals surface area contributed by atoms with E-state index >= 15 is 0 Å². The summed E-state index contributed by atoms with van der Waals surface area (Å²) in [5.41, 5.74) is 6.01. The number of rotatable bonds is 8. The number of nitrogens with one attached hydrogen (secondary N) is 1. The number of ether oxygens (including phenoxy) is 2. The summed E-state index contributed by atoms with van der Waals surface area (Å²) in [7, 11) is 1.62. The summed E-state index contributed by atoms with van der Waals surface area (Å²) in [6, 6.07) is 7.17.